The zero-order chi connectivity index (χ0) is 41.4. The van der Waals surface area contributed by atoms with Crippen LogP contribution in [0.5, 0.6) is 0 Å². The van der Waals surface area contributed by atoms with Crippen molar-refractivity contribution in [2.45, 2.75) is 103 Å². The van der Waals surface area contributed by atoms with Crippen molar-refractivity contribution in [3.05, 3.63) is 167 Å². The Hall–Kier alpha value is -4.92. The SMILES string of the molecule is C[C@]12Cc3cnn(-c4ccc(F)cc4)c3C[C@@H]1CCC[C@@H]2[C@@H](O)Cc1ccccc1.C[C@]12Cc3cnn(-c4ccc(F)cc4)c3C[C@H]1CCC[C@@H]2[C@@H](O)Cc1ccccc1. The summed E-state index contributed by atoms with van der Waals surface area (Å²) in [6, 6.07) is 33.8. The van der Waals surface area contributed by atoms with E-state index < -0.39 is 0 Å². The van der Waals surface area contributed by atoms with Crippen LogP contribution in [-0.4, -0.2) is 42.0 Å². The molecule has 0 aliphatic heterocycles. The van der Waals surface area contributed by atoms with E-state index in [0.717, 1.165) is 75.6 Å². The number of fused-ring (bicyclic) bond motifs is 4. The van der Waals surface area contributed by atoms with E-state index in [1.54, 1.807) is 24.3 Å². The van der Waals surface area contributed by atoms with Gasteiger partial charge in [0.05, 0.1) is 36.0 Å². The zero-order valence-electron chi connectivity index (χ0n) is 34.9. The van der Waals surface area contributed by atoms with Crippen LogP contribution in [0, 0.1) is 46.1 Å². The second-order valence-corrected chi connectivity index (χ2v) is 18.8. The predicted octanol–water partition coefficient (Wildman–Crippen LogP) is 10.3. The topological polar surface area (TPSA) is 76.1 Å². The lowest BCUT2D eigenvalue weighted by molar-refractivity contribution is -0.0470. The van der Waals surface area contributed by atoms with Crippen LogP contribution in [0.25, 0.3) is 11.4 Å². The molecule has 2 N–H and O–H groups in total. The van der Waals surface area contributed by atoms with Gasteiger partial charge in [-0.05, 0) is 169 Å². The van der Waals surface area contributed by atoms with E-state index in [9.17, 15) is 19.0 Å². The van der Waals surface area contributed by atoms with Gasteiger partial charge >= 0.3 is 0 Å². The molecule has 0 unspecified atom stereocenters. The van der Waals surface area contributed by atoms with Crippen LogP contribution in [0.4, 0.5) is 8.78 Å². The molecule has 4 aliphatic carbocycles. The highest BCUT2D eigenvalue weighted by molar-refractivity contribution is 5.39. The fraction of sp³-hybridized carbons (Fsp3) is 0.423. The average molecular weight is 809 g/mol. The summed E-state index contributed by atoms with van der Waals surface area (Å²) in [5.74, 6) is 1.19. The molecule has 4 aliphatic rings. The monoisotopic (exact) mass is 808 g/mol. The summed E-state index contributed by atoms with van der Waals surface area (Å²) in [4.78, 5) is 0. The van der Waals surface area contributed by atoms with E-state index in [1.807, 2.05) is 58.2 Å². The van der Waals surface area contributed by atoms with Crippen LogP contribution in [0.15, 0.2) is 122 Å². The van der Waals surface area contributed by atoms with E-state index in [4.69, 9.17) is 0 Å². The number of hydrogen-bond acceptors (Lipinski definition) is 4. The van der Waals surface area contributed by atoms with Crippen molar-refractivity contribution in [3.63, 3.8) is 0 Å². The van der Waals surface area contributed by atoms with Gasteiger partial charge in [0.15, 0.2) is 0 Å². The molecule has 2 aromatic heterocycles. The maximum Gasteiger partial charge on any atom is 0.123 e. The lowest BCUT2D eigenvalue weighted by Crippen LogP contribution is -2.49. The van der Waals surface area contributed by atoms with E-state index >= 15 is 0 Å². The van der Waals surface area contributed by atoms with Crippen LogP contribution >= 0.6 is 0 Å². The Bertz CT molecular complexity index is 2190. The summed E-state index contributed by atoms with van der Waals surface area (Å²) >= 11 is 0. The molecule has 0 radical (unpaired) electrons. The normalized spacial score (nSPS) is 26.6. The Labute approximate surface area is 353 Å². The molecule has 0 bridgehead atoms. The van der Waals surface area contributed by atoms with E-state index in [1.165, 1.54) is 70.7 Å². The minimum absolute atomic E-state index is 0.0795. The van der Waals surface area contributed by atoms with Gasteiger partial charge in [-0.2, -0.15) is 10.2 Å². The maximum absolute atomic E-state index is 13.4. The molecule has 10 rings (SSSR count). The van der Waals surface area contributed by atoms with Crippen molar-refractivity contribution in [2.75, 3.05) is 0 Å². The third kappa shape index (κ3) is 7.89. The van der Waals surface area contributed by atoms with Crippen molar-refractivity contribution >= 4 is 0 Å². The first-order valence-electron chi connectivity index (χ1n) is 22.2. The second-order valence-electron chi connectivity index (χ2n) is 18.8. The predicted molar refractivity (Wildman–Crippen MR) is 232 cm³/mol. The molecule has 0 saturated heterocycles. The van der Waals surface area contributed by atoms with E-state index in [2.05, 4.69) is 48.3 Å². The minimum Gasteiger partial charge on any atom is -0.392 e. The number of aliphatic hydroxyl groups is 2. The van der Waals surface area contributed by atoms with Crippen molar-refractivity contribution in [1.82, 2.24) is 19.6 Å². The van der Waals surface area contributed by atoms with Gasteiger partial charge in [0.25, 0.3) is 0 Å². The van der Waals surface area contributed by atoms with Crippen molar-refractivity contribution in [1.29, 1.82) is 0 Å². The van der Waals surface area contributed by atoms with Crippen LogP contribution < -0.4 is 0 Å². The highest BCUT2D eigenvalue weighted by Crippen LogP contribution is 2.55. The molecule has 4 aromatic carbocycles. The Morgan fingerprint density at radius 2 is 0.950 bits per heavy atom. The summed E-state index contributed by atoms with van der Waals surface area (Å²) in [6.07, 6.45) is 15.5. The van der Waals surface area contributed by atoms with E-state index in [0.29, 0.717) is 23.7 Å². The van der Waals surface area contributed by atoms with Crippen LogP contribution in [0.1, 0.15) is 86.0 Å². The maximum atomic E-state index is 13.4. The van der Waals surface area contributed by atoms with Gasteiger partial charge < -0.3 is 10.2 Å². The molecule has 2 fully saturated rings. The van der Waals surface area contributed by atoms with Gasteiger partial charge in [0, 0.05) is 11.4 Å². The zero-order valence-corrected chi connectivity index (χ0v) is 34.9. The third-order valence-corrected chi connectivity index (χ3v) is 15.3. The molecule has 2 saturated carbocycles. The summed E-state index contributed by atoms with van der Waals surface area (Å²) in [5.41, 5.74) is 9.45. The molecule has 6 aromatic rings. The number of hydrogen-bond donors (Lipinski definition) is 2. The quantitative estimate of drug-likeness (QED) is 0.161. The molecule has 2 heterocycles. The molecule has 0 amide bonds. The summed E-state index contributed by atoms with van der Waals surface area (Å²) in [6.45, 7) is 4.77. The number of aliphatic hydroxyl groups excluding tert-OH is 2. The number of nitrogens with zero attached hydrogens (tertiary/aromatic N) is 4. The first-order valence-corrected chi connectivity index (χ1v) is 22.2. The molecule has 8 heteroatoms. The van der Waals surface area contributed by atoms with Gasteiger partial charge in [-0.15, -0.1) is 0 Å². The summed E-state index contributed by atoms with van der Waals surface area (Å²) in [5, 5.41) is 31.8. The average Bonchev–Trinajstić information content (AvgIpc) is 3.85. The molecule has 8 atom stereocenters. The first kappa shape index (κ1) is 40.5. The third-order valence-electron chi connectivity index (χ3n) is 15.3. The summed E-state index contributed by atoms with van der Waals surface area (Å²) < 4.78 is 30.7. The number of aromatic nitrogens is 4. The molecule has 60 heavy (non-hydrogen) atoms. The molecule has 0 spiro atoms. The second kappa shape index (κ2) is 16.9. The number of benzene rings is 4. The summed E-state index contributed by atoms with van der Waals surface area (Å²) in [7, 11) is 0. The molecule has 6 nitrogen and oxygen atoms in total. The highest BCUT2D eigenvalue weighted by atomic mass is 19.1. The van der Waals surface area contributed by atoms with Gasteiger partial charge in [-0.25, -0.2) is 18.1 Å². The van der Waals surface area contributed by atoms with Gasteiger partial charge in [-0.3, -0.25) is 0 Å². The van der Waals surface area contributed by atoms with Gasteiger partial charge in [0.1, 0.15) is 11.6 Å². The van der Waals surface area contributed by atoms with Crippen molar-refractivity contribution in [3.8, 4) is 11.4 Å². The van der Waals surface area contributed by atoms with Crippen molar-refractivity contribution < 1.29 is 19.0 Å². The highest BCUT2D eigenvalue weighted by Gasteiger charge is 2.51. The van der Waals surface area contributed by atoms with Gasteiger partial charge in [0.2, 0.25) is 0 Å². The van der Waals surface area contributed by atoms with E-state index in [-0.39, 0.29) is 34.7 Å². The first-order chi connectivity index (χ1) is 29.1. The fourth-order valence-corrected chi connectivity index (χ4v) is 12.0. The lowest BCUT2D eigenvalue weighted by Gasteiger charge is -2.52. The standard InChI is InChI=1S/2C26H29FN2O/c2*1-26-16-19-17-28-29(22-12-10-21(27)11-13-22)24(19)15-20(26)8-5-9-23(26)25(30)14-18-6-3-2-4-7-18/h2*2-4,6-7,10-13,17,20,23,25,30H,5,8-9,14-16H2,1H3/t20-,23+,25-,26-;20-,23-,25+,26+/m01/s1. The Morgan fingerprint density at radius 3 is 1.33 bits per heavy atom. The number of halogens is 2. The number of rotatable bonds is 8. The fourth-order valence-electron chi connectivity index (χ4n) is 12.0. The Morgan fingerprint density at radius 1 is 0.567 bits per heavy atom. The van der Waals surface area contributed by atoms with Crippen LogP contribution in [0.3, 0.4) is 0 Å². The lowest BCUT2D eigenvalue weighted by atomic mass is 9.54. The van der Waals surface area contributed by atoms with Crippen LogP contribution in [0.2, 0.25) is 0 Å². The van der Waals surface area contributed by atoms with Crippen LogP contribution in [-0.2, 0) is 38.5 Å². The minimum atomic E-state index is -0.325. The smallest absolute Gasteiger partial charge is 0.123 e. The largest absolute Gasteiger partial charge is 0.392 e. The molecule has 312 valence electrons. The molecular weight excluding hydrogens is 751 g/mol. The Kier molecular flexibility index (Phi) is 11.4. The van der Waals surface area contributed by atoms with Gasteiger partial charge in [-0.1, -0.05) is 87.4 Å². The molecular formula is C52H58F2N4O2. The Balaban J connectivity index is 0.000000154. The van der Waals surface area contributed by atoms with Crippen molar-refractivity contribution in [2.24, 2.45) is 34.5 Å².